The van der Waals surface area contributed by atoms with Gasteiger partial charge < -0.3 is 9.15 Å². The van der Waals surface area contributed by atoms with E-state index in [0.717, 1.165) is 41.3 Å². The van der Waals surface area contributed by atoms with Crippen molar-refractivity contribution in [2.24, 2.45) is 0 Å². The van der Waals surface area contributed by atoms with Crippen LogP contribution in [-0.4, -0.2) is 21.4 Å². The van der Waals surface area contributed by atoms with Crippen molar-refractivity contribution in [1.29, 1.82) is 0 Å². The molecule has 1 aromatic carbocycles. The first-order valence-electron chi connectivity index (χ1n) is 9.13. The molecule has 4 rings (SSSR count). The number of benzene rings is 1. The molecule has 136 valence electrons. The third-order valence-corrected chi connectivity index (χ3v) is 5.36. The number of aromatic nitrogens is 3. The van der Waals surface area contributed by atoms with Gasteiger partial charge >= 0.3 is 0 Å². The molecule has 1 aliphatic rings. The van der Waals surface area contributed by atoms with Crippen LogP contribution in [0.4, 0.5) is 0 Å². The van der Waals surface area contributed by atoms with Gasteiger partial charge in [-0.25, -0.2) is 0 Å². The van der Waals surface area contributed by atoms with Gasteiger partial charge in [-0.05, 0) is 49.1 Å². The van der Waals surface area contributed by atoms with E-state index < -0.39 is 0 Å². The molecule has 2 aromatic heterocycles. The van der Waals surface area contributed by atoms with Crippen LogP contribution in [0.25, 0.3) is 0 Å². The lowest BCUT2D eigenvalue weighted by atomic mass is 10.2. The van der Waals surface area contributed by atoms with E-state index in [1.54, 1.807) is 18.0 Å². The van der Waals surface area contributed by atoms with Crippen molar-refractivity contribution in [3.8, 4) is 5.75 Å². The maximum absolute atomic E-state index is 5.73. The number of hydrogen-bond donors (Lipinski definition) is 0. The normalized spacial score (nSPS) is 13.9. The van der Waals surface area contributed by atoms with E-state index in [0.29, 0.717) is 12.5 Å². The van der Waals surface area contributed by atoms with E-state index in [1.807, 2.05) is 24.3 Å². The standard InChI is InChI=1S/C20H23N3O2S/c1-2-10-24-17-6-3-5-15(12-17)14-26-20-22-21-19(16-8-9-16)23(20)13-18-7-4-11-25-18/h3-7,11-12,16H,2,8-10,13-14H2,1H3. The van der Waals surface area contributed by atoms with Crippen LogP contribution >= 0.6 is 11.8 Å². The van der Waals surface area contributed by atoms with E-state index in [1.165, 1.54) is 18.4 Å². The zero-order valence-electron chi connectivity index (χ0n) is 14.9. The first-order chi connectivity index (χ1) is 12.8. The van der Waals surface area contributed by atoms with Gasteiger partial charge in [-0.1, -0.05) is 30.8 Å². The first-order valence-corrected chi connectivity index (χ1v) is 10.1. The summed E-state index contributed by atoms with van der Waals surface area (Å²) in [5, 5.41) is 9.85. The molecule has 2 heterocycles. The van der Waals surface area contributed by atoms with Crippen molar-refractivity contribution < 1.29 is 9.15 Å². The van der Waals surface area contributed by atoms with Crippen molar-refractivity contribution >= 4 is 11.8 Å². The van der Waals surface area contributed by atoms with E-state index in [4.69, 9.17) is 9.15 Å². The van der Waals surface area contributed by atoms with Crippen LogP contribution in [0, 0.1) is 0 Å². The van der Waals surface area contributed by atoms with E-state index in [9.17, 15) is 0 Å². The summed E-state index contributed by atoms with van der Waals surface area (Å²) in [6, 6.07) is 12.2. The van der Waals surface area contributed by atoms with Crippen LogP contribution in [0.3, 0.4) is 0 Å². The van der Waals surface area contributed by atoms with E-state index in [-0.39, 0.29) is 0 Å². The molecule has 3 aromatic rings. The van der Waals surface area contributed by atoms with Crippen molar-refractivity contribution in [3.63, 3.8) is 0 Å². The van der Waals surface area contributed by atoms with Gasteiger partial charge in [0.2, 0.25) is 0 Å². The Labute approximate surface area is 157 Å². The average Bonchev–Trinajstić information content (AvgIpc) is 3.23. The number of rotatable bonds is 9. The molecular formula is C20H23N3O2S. The zero-order chi connectivity index (χ0) is 17.8. The number of hydrogen-bond acceptors (Lipinski definition) is 5. The maximum Gasteiger partial charge on any atom is 0.191 e. The van der Waals surface area contributed by atoms with Crippen molar-refractivity contribution in [3.05, 3.63) is 59.8 Å². The Morgan fingerprint density at radius 3 is 2.92 bits per heavy atom. The molecule has 0 saturated heterocycles. The Bertz CT molecular complexity index is 841. The molecule has 5 nitrogen and oxygen atoms in total. The van der Waals surface area contributed by atoms with Crippen molar-refractivity contribution in [1.82, 2.24) is 14.8 Å². The quantitative estimate of drug-likeness (QED) is 0.503. The minimum Gasteiger partial charge on any atom is -0.494 e. The van der Waals surface area contributed by atoms with Gasteiger partial charge in [0.1, 0.15) is 17.3 Å². The molecular weight excluding hydrogens is 346 g/mol. The van der Waals surface area contributed by atoms with Gasteiger partial charge in [-0.3, -0.25) is 4.57 Å². The molecule has 26 heavy (non-hydrogen) atoms. The van der Waals surface area contributed by atoms with Gasteiger partial charge in [0.25, 0.3) is 0 Å². The smallest absolute Gasteiger partial charge is 0.191 e. The summed E-state index contributed by atoms with van der Waals surface area (Å²) < 4.78 is 13.5. The molecule has 0 unspecified atom stereocenters. The largest absolute Gasteiger partial charge is 0.494 e. The van der Waals surface area contributed by atoms with Gasteiger partial charge in [0.15, 0.2) is 5.16 Å². The molecule has 1 saturated carbocycles. The Hall–Kier alpha value is -2.21. The molecule has 1 aliphatic carbocycles. The van der Waals surface area contributed by atoms with Gasteiger partial charge in [0, 0.05) is 11.7 Å². The van der Waals surface area contributed by atoms with Crippen LogP contribution in [0.2, 0.25) is 0 Å². The van der Waals surface area contributed by atoms with Crippen LogP contribution < -0.4 is 4.74 Å². The molecule has 0 atom stereocenters. The molecule has 0 aliphatic heterocycles. The second-order valence-corrected chi connectivity index (χ2v) is 7.51. The fourth-order valence-electron chi connectivity index (χ4n) is 2.85. The summed E-state index contributed by atoms with van der Waals surface area (Å²) in [4.78, 5) is 0. The zero-order valence-corrected chi connectivity index (χ0v) is 15.7. The predicted octanol–water partition coefficient (Wildman–Crippen LogP) is 4.88. The minimum atomic E-state index is 0.553. The highest BCUT2D eigenvalue weighted by Gasteiger charge is 2.30. The number of nitrogens with zero attached hydrogens (tertiary/aromatic N) is 3. The van der Waals surface area contributed by atoms with Crippen LogP contribution in [-0.2, 0) is 12.3 Å². The van der Waals surface area contributed by atoms with Crippen molar-refractivity contribution in [2.75, 3.05) is 6.61 Å². The highest BCUT2D eigenvalue weighted by atomic mass is 32.2. The molecule has 0 N–H and O–H groups in total. The first kappa shape index (κ1) is 17.2. The summed E-state index contributed by atoms with van der Waals surface area (Å²) in [7, 11) is 0. The lowest BCUT2D eigenvalue weighted by Gasteiger charge is -2.09. The highest BCUT2D eigenvalue weighted by molar-refractivity contribution is 7.98. The maximum atomic E-state index is 5.73. The SMILES string of the molecule is CCCOc1cccc(CSc2nnc(C3CC3)n2Cc2ccco2)c1. The summed E-state index contributed by atoms with van der Waals surface area (Å²) in [6.07, 6.45) is 5.14. The monoisotopic (exact) mass is 369 g/mol. The molecule has 0 bridgehead atoms. The Morgan fingerprint density at radius 1 is 1.23 bits per heavy atom. The lowest BCUT2D eigenvalue weighted by molar-refractivity contribution is 0.317. The molecule has 0 spiro atoms. The second kappa shape index (κ2) is 7.99. The van der Waals surface area contributed by atoms with E-state index >= 15 is 0 Å². The van der Waals surface area contributed by atoms with Gasteiger partial charge in [0.05, 0.1) is 19.4 Å². The number of ether oxygens (including phenoxy) is 1. The number of furan rings is 1. The van der Waals surface area contributed by atoms with Crippen LogP contribution in [0.15, 0.2) is 52.2 Å². The third kappa shape index (κ3) is 4.12. The van der Waals surface area contributed by atoms with Gasteiger partial charge in [-0.2, -0.15) is 0 Å². The molecule has 6 heteroatoms. The Morgan fingerprint density at radius 2 is 2.15 bits per heavy atom. The molecule has 0 radical (unpaired) electrons. The topological polar surface area (TPSA) is 53.1 Å². The average molecular weight is 369 g/mol. The van der Waals surface area contributed by atoms with Crippen LogP contribution in [0.1, 0.15) is 49.3 Å². The fourth-order valence-corrected chi connectivity index (χ4v) is 3.74. The Balaban J connectivity index is 1.48. The minimum absolute atomic E-state index is 0.553. The summed E-state index contributed by atoms with van der Waals surface area (Å²) in [5.74, 6) is 4.34. The summed E-state index contributed by atoms with van der Waals surface area (Å²) in [5.41, 5.74) is 1.23. The van der Waals surface area contributed by atoms with Crippen LogP contribution in [0.5, 0.6) is 5.75 Å². The summed E-state index contributed by atoms with van der Waals surface area (Å²) >= 11 is 1.71. The third-order valence-electron chi connectivity index (χ3n) is 4.32. The van der Waals surface area contributed by atoms with E-state index in [2.05, 4.69) is 33.8 Å². The number of thioether (sulfide) groups is 1. The summed E-state index contributed by atoms with van der Waals surface area (Å²) in [6.45, 7) is 3.55. The lowest BCUT2D eigenvalue weighted by Crippen LogP contribution is -2.05. The molecule has 0 amide bonds. The second-order valence-electron chi connectivity index (χ2n) is 6.57. The van der Waals surface area contributed by atoms with Crippen molar-refractivity contribution in [2.45, 2.75) is 49.6 Å². The fraction of sp³-hybridized carbons (Fsp3) is 0.400. The molecule has 1 fully saturated rings. The Kier molecular flexibility index (Phi) is 5.29. The van der Waals surface area contributed by atoms with Gasteiger partial charge in [-0.15, -0.1) is 10.2 Å². The predicted molar refractivity (Wildman–Crippen MR) is 102 cm³/mol. The highest BCUT2D eigenvalue weighted by Crippen LogP contribution is 2.40.